The maximum Gasteiger partial charge on any atom is 0.274 e. The van der Waals surface area contributed by atoms with E-state index in [1.165, 1.54) is 23.5 Å². The molecule has 0 spiro atoms. The average Bonchev–Trinajstić information content (AvgIpc) is 2.80. The fraction of sp³-hybridized carbons (Fsp3) is 0.417. The molecule has 2 aromatic rings. The van der Waals surface area contributed by atoms with Crippen LogP contribution in [-0.4, -0.2) is 29.1 Å². The third-order valence-electron chi connectivity index (χ3n) is 3.08. The van der Waals surface area contributed by atoms with Gasteiger partial charge in [-0.25, -0.2) is 4.98 Å². The second-order valence-corrected chi connectivity index (χ2v) is 5.47. The van der Waals surface area contributed by atoms with Gasteiger partial charge in [0.15, 0.2) is 0 Å². The first-order valence-electron chi connectivity index (χ1n) is 6.15. The number of nitro groups is 1. The van der Waals surface area contributed by atoms with Gasteiger partial charge in [-0.2, -0.15) is 0 Å². The van der Waals surface area contributed by atoms with Crippen LogP contribution in [0.15, 0.2) is 18.2 Å². The molecule has 0 radical (unpaired) electrons. The lowest BCUT2D eigenvalue weighted by Crippen LogP contribution is -2.37. The minimum absolute atomic E-state index is 0. The van der Waals surface area contributed by atoms with Crippen LogP contribution in [0.5, 0.6) is 5.19 Å². The van der Waals surface area contributed by atoms with Gasteiger partial charge < -0.3 is 10.1 Å². The molecular weight excluding hydrogens is 302 g/mol. The number of hydrogen-bond acceptors (Lipinski definition) is 6. The molecule has 6 nitrogen and oxygen atoms in total. The molecule has 1 aliphatic heterocycles. The number of nitro benzene ring substituents is 1. The molecule has 3 rings (SSSR count). The van der Waals surface area contributed by atoms with Gasteiger partial charge in [-0.3, -0.25) is 10.1 Å². The summed E-state index contributed by atoms with van der Waals surface area (Å²) < 4.78 is 6.72. The molecule has 1 N–H and O–H groups in total. The number of piperidine rings is 1. The number of aromatic nitrogens is 1. The summed E-state index contributed by atoms with van der Waals surface area (Å²) in [6, 6.07) is 4.70. The molecular formula is C12H14ClN3O3S. The number of halogens is 1. The second-order valence-electron chi connectivity index (χ2n) is 4.48. The van der Waals surface area contributed by atoms with Crippen molar-refractivity contribution in [1.82, 2.24) is 10.3 Å². The maximum absolute atomic E-state index is 10.7. The number of hydrogen-bond donors (Lipinski definition) is 1. The minimum Gasteiger partial charge on any atom is -0.465 e. The van der Waals surface area contributed by atoms with E-state index in [1.54, 1.807) is 6.07 Å². The Morgan fingerprint density at radius 1 is 1.50 bits per heavy atom. The summed E-state index contributed by atoms with van der Waals surface area (Å²) in [5.41, 5.74) is 0.682. The number of thiazole rings is 1. The summed E-state index contributed by atoms with van der Waals surface area (Å²) in [6.45, 7) is 1.86. The predicted molar refractivity (Wildman–Crippen MR) is 80.0 cm³/mol. The van der Waals surface area contributed by atoms with E-state index < -0.39 is 4.92 Å². The summed E-state index contributed by atoms with van der Waals surface area (Å²) in [4.78, 5) is 14.6. The van der Waals surface area contributed by atoms with Crippen LogP contribution in [0.1, 0.15) is 12.8 Å². The Morgan fingerprint density at radius 3 is 3.05 bits per heavy atom. The van der Waals surface area contributed by atoms with Crippen LogP contribution in [0.2, 0.25) is 0 Å². The second kappa shape index (κ2) is 6.34. The summed E-state index contributed by atoms with van der Waals surface area (Å²) in [6.07, 6.45) is 2.26. The highest BCUT2D eigenvalue weighted by Gasteiger charge is 2.17. The lowest BCUT2D eigenvalue weighted by molar-refractivity contribution is -0.384. The normalized spacial score (nSPS) is 18.5. The molecule has 0 bridgehead atoms. The lowest BCUT2D eigenvalue weighted by atomic mass is 10.1. The number of ether oxygens (including phenoxy) is 1. The van der Waals surface area contributed by atoms with Gasteiger partial charge in [-0.15, -0.1) is 12.4 Å². The van der Waals surface area contributed by atoms with E-state index in [-0.39, 0.29) is 24.2 Å². The average molecular weight is 316 g/mol. The third kappa shape index (κ3) is 3.17. The van der Waals surface area contributed by atoms with Gasteiger partial charge >= 0.3 is 0 Å². The molecule has 1 aromatic carbocycles. The van der Waals surface area contributed by atoms with E-state index >= 15 is 0 Å². The van der Waals surface area contributed by atoms with Gasteiger partial charge in [-0.05, 0) is 25.5 Å². The first-order valence-corrected chi connectivity index (χ1v) is 6.96. The zero-order chi connectivity index (χ0) is 13.2. The Balaban J connectivity index is 0.00000147. The van der Waals surface area contributed by atoms with Crippen molar-refractivity contribution in [2.45, 2.75) is 18.9 Å². The number of benzene rings is 1. The number of non-ortho nitro benzene ring substituents is 1. The zero-order valence-electron chi connectivity index (χ0n) is 10.6. The molecule has 1 saturated heterocycles. The molecule has 0 unspecified atom stereocenters. The third-order valence-corrected chi connectivity index (χ3v) is 4.01. The topological polar surface area (TPSA) is 77.3 Å². The summed E-state index contributed by atoms with van der Waals surface area (Å²) >= 11 is 1.43. The molecule has 1 atom stereocenters. The molecule has 1 fully saturated rings. The van der Waals surface area contributed by atoms with E-state index in [1.807, 2.05) is 0 Å². The van der Waals surface area contributed by atoms with Crippen molar-refractivity contribution in [3.8, 4) is 5.19 Å². The van der Waals surface area contributed by atoms with Crippen LogP contribution in [-0.2, 0) is 0 Å². The molecule has 20 heavy (non-hydrogen) atoms. The molecule has 1 aromatic heterocycles. The molecule has 0 saturated carbocycles. The van der Waals surface area contributed by atoms with Crippen LogP contribution in [0.25, 0.3) is 10.2 Å². The lowest BCUT2D eigenvalue weighted by Gasteiger charge is -2.22. The molecule has 0 aliphatic carbocycles. The van der Waals surface area contributed by atoms with Crippen molar-refractivity contribution in [3.05, 3.63) is 28.3 Å². The van der Waals surface area contributed by atoms with Crippen molar-refractivity contribution in [2.75, 3.05) is 13.1 Å². The Labute approximate surface area is 125 Å². The van der Waals surface area contributed by atoms with Crippen molar-refractivity contribution >= 4 is 39.6 Å². The monoisotopic (exact) mass is 315 g/mol. The van der Waals surface area contributed by atoms with E-state index in [2.05, 4.69) is 10.3 Å². The maximum atomic E-state index is 10.7. The molecule has 0 amide bonds. The molecule has 108 valence electrons. The predicted octanol–water partition coefficient (Wildman–Crippen LogP) is 2.76. The summed E-state index contributed by atoms with van der Waals surface area (Å²) in [5.74, 6) is 0. The molecule has 8 heteroatoms. The standard InChI is InChI=1S/C12H13N3O3S.ClH/c16-15(17)8-3-4-11-10(6-8)14-12(19-11)18-9-2-1-5-13-7-9;/h3-4,6,9,13H,1-2,5,7H2;1H/t9-;/m0./s1. The van der Waals surface area contributed by atoms with Gasteiger partial charge in [-0.1, -0.05) is 11.3 Å². The minimum atomic E-state index is -0.412. The van der Waals surface area contributed by atoms with E-state index in [0.717, 1.165) is 30.6 Å². The quantitative estimate of drug-likeness (QED) is 0.696. The number of fused-ring (bicyclic) bond motifs is 1. The van der Waals surface area contributed by atoms with Gasteiger partial charge in [0.25, 0.3) is 10.9 Å². The highest BCUT2D eigenvalue weighted by molar-refractivity contribution is 7.20. The van der Waals surface area contributed by atoms with Gasteiger partial charge in [0.2, 0.25) is 0 Å². The Bertz CT molecular complexity index is 613. The number of rotatable bonds is 3. The van der Waals surface area contributed by atoms with Crippen LogP contribution < -0.4 is 10.1 Å². The largest absolute Gasteiger partial charge is 0.465 e. The summed E-state index contributed by atoms with van der Waals surface area (Å²) in [5, 5.41) is 14.6. The zero-order valence-corrected chi connectivity index (χ0v) is 12.2. The van der Waals surface area contributed by atoms with E-state index in [4.69, 9.17) is 4.74 Å². The first-order chi connectivity index (χ1) is 9.22. The highest BCUT2D eigenvalue weighted by atomic mass is 35.5. The van der Waals surface area contributed by atoms with Crippen molar-refractivity contribution < 1.29 is 9.66 Å². The Kier molecular flexibility index (Phi) is 4.74. The van der Waals surface area contributed by atoms with Gasteiger partial charge in [0, 0.05) is 18.7 Å². The summed E-state index contributed by atoms with van der Waals surface area (Å²) in [7, 11) is 0. The number of nitrogens with zero attached hydrogens (tertiary/aromatic N) is 2. The van der Waals surface area contributed by atoms with E-state index in [9.17, 15) is 10.1 Å². The highest BCUT2D eigenvalue weighted by Crippen LogP contribution is 2.31. The van der Waals surface area contributed by atoms with Crippen LogP contribution in [0.3, 0.4) is 0 Å². The van der Waals surface area contributed by atoms with Crippen LogP contribution in [0, 0.1) is 10.1 Å². The SMILES string of the molecule is Cl.O=[N+]([O-])c1ccc2sc(O[C@H]3CCCNC3)nc2c1. The van der Waals surface area contributed by atoms with Crippen LogP contribution >= 0.6 is 23.7 Å². The van der Waals surface area contributed by atoms with Gasteiger partial charge in [0.1, 0.15) is 6.10 Å². The smallest absolute Gasteiger partial charge is 0.274 e. The van der Waals surface area contributed by atoms with Crippen molar-refractivity contribution in [3.63, 3.8) is 0 Å². The van der Waals surface area contributed by atoms with Crippen molar-refractivity contribution in [1.29, 1.82) is 0 Å². The van der Waals surface area contributed by atoms with E-state index in [0.29, 0.717) is 10.7 Å². The fourth-order valence-corrected chi connectivity index (χ4v) is 2.98. The first kappa shape index (κ1) is 15.0. The number of nitrogens with one attached hydrogen (secondary N) is 1. The Morgan fingerprint density at radius 2 is 2.35 bits per heavy atom. The Hall–Kier alpha value is -1.44. The fourth-order valence-electron chi connectivity index (χ4n) is 2.12. The van der Waals surface area contributed by atoms with Crippen molar-refractivity contribution in [2.24, 2.45) is 0 Å². The molecule has 1 aliphatic rings. The van der Waals surface area contributed by atoms with Crippen LogP contribution in [0.4, 0.5) is 5.69 Å². The molecule has 2 heterocycles. The van der Waals surface area contributed by atoms with Gasteiger partial charge in [0.05, 0.1) is 15.1 Å².